The highest BCUT2D eigenvalue weighted by Gasteiger charge is 2.26. The largest absolute Gasteiger partial charge is 0.420 e. The molecule has 0 radical (unpaired) electrons. The molecule has 1 aliphatic rings. The second-order valence-corrected chi connectivity index (χ2v) is 10.2. The molecule has 1 aliphatic carbocycles. The zero-order valence-corrected chi connectivity index (χ0v) is 18.8. The Kier molecular flexibility index (Phi) is 6.14. The number of aryl methyl sites for hydroxylation is 1. The molecule has 30 heavy (non-hydrogen) atoms. The van der Waals surface area contributed by atoms with Crippen LogP contribution >= 0.6 is 27.3 Å². The number of ether oxygens (including phenoxy) is 1. The number of rotatable bonds is 5. The Morgan fingerprint density at radius 1 is 1.27 bits per heavy atom. The van der Waals surface area contributed by atoms with E-state index in [0.29, 0.717) is 28.8 Å². The van der Waals surface area contributed by atoms with Gasteiger partial charge in [-0.3, -0.25) is 5.32 Å². The number of carbonyl (C=O) groups is 1. The second kappa shape index (κ2) is 8.80. The van der Waals surface area contributed by atoms with E-state index in [4.69, 9.17) is 4.74 Å². The van der Waals surface area contributed by atoms with Gasteiger partial charge in [-0.05, 0) is 60.5 Å². The number of carbonyl (C=O) groups excluding carboxylic acids is 1. The van der Waals surface area contributed by atoms with E-state index in [1.807, 2.05) is 0 Å². The number of thiophene rings is 1. The maximum atomic E-state index is 12.6. The maximum absolute atomic E-state index is 12.6. The first-order valence-corrected chi connectivity index (χ1v) is 12.2. The number of hydrogen-bond acceptors (Lipinski definition) is 7. The zero-order valence-electron chi connectivity index (χ0n) is 15.5. The van der Waals surface area contributed by atoms with Crippen LogP contribution < -0.4 is 14.8 Å². The lowest BCUT2D eigenvalue weighted by Crippen LogP contribution is -2.39. The Hall–Kier alpha value is -2.34. The molecule has 0 saturated carbocycles. The summed E-state index contributed by atoms with van der Waals surface area (Å²) in [6.45, 7) is 0. The fourth-order valence-electron chi connectivity index (χ4n) is 3.12. The van der Waals surface area contributed by atoms with Crippen LogP contribution in [0.1, 0.15) is 17.7 Å². The van der Waals surface area contributed by atoms with Crippen LogP contribution in [-0.4, -0.2) is 30.5 Å². The predicted octanol–water partition coefficient (Wildman–Crippen LogP) is 3.75. The minimum Gasteiger partial charge on any atom is -0.399 e. The molecule has 1 atom stereocenters. The van der Waals surface area contributed by atoms with Gasteiger partial charge in [0.25, 0.3) is 0 Å². The topological polar surface area (TPSA) is 110 Å². The van der Waals surface area contributed by atoms with Gasteiger partial charge in [0.15, 0.2) is 5.06 Å². The molecule has 2 N–H and O–H groups in total. The monoisotopic (exact) mass is 508 g/mol. The Balaban J connectivity index is 1.40. The Morgan fingerprint density at radius 2 is 2.13 bits per heavy atom. The van der Waals surface area contributed by atoms with E-state index < -0.39 is 16.1 Å². The van der Waals surface area contributed by atoms with Crippen molar-refractivity contribution in [2.75, 3.05) is 5.32 Å². The van der Waals surface area contributed by atoms with Crippen LogP contribution in [0.2, 0.25) is 0 Å². The van der Waals surface area contributed by atoms with Gasteiger partial charge in [0.1, 0.15) is 0 Å². The number of hydrogen-bond donors (Lipinski definition) is 2. The second-order valence-electron chi connectivity index (χ2n) is 6.63. The number of anilines is 1. The number of fused-ring (bicyclic) bond motifs is 1. The van der Waals surface area contributed by atoms with E-state index in [9.17, 15) is 13.2 Å². The number of sulfonamides is 1. The zero-order chi connectivity index (χ0) is 21.1. The minimum absolute atomic E-state index is 0.156. The Bertz CT molecular complexity index is 1170. The molecule has 1 amide bonds. The molecule has 8 nitrogen and oxygen atoms in total. The molecular formula is C19H17BrN4O4S2. The summed E-state index contributed by atoms with van der Waals surface area (Å²) in [7, 11) is -3.63. The molecule has 4 rings (SSSR count). The molecule has 3 aromatic rings. The smallest absolute Gasteiger partial charge is 0.399 e. The summed E-state index contributed by atoms with van der Waals surface area (Å²) in [5.41, 5.74) is 1.63. The van der Waals surface area contributed by atoms with Crippen molar-refractivity contribution in [3.05, 3.63) is 63.7 Å². The summed E-state index contributed by atoms with van der Waals surface area (Å²) >= 11 is 4.60. The van der Waals surface area contributed by atoms with E-state index in [0.717, 1.165) is 11.3 Å². The summed E-state index contributed by atoms with van der Waals surface area (Å²) < 4.78 is 33.9. The van der Waals surface area contributed by atoms with Crippen LogP contribution in [0.15, 0.2) is 57.3 Å². The molecule has 1 aromatic carbocycles. The quantitative estimate of drug-likeness (QED) is 0.542. The van der Waals surface area contributed by atoms with Crippen molar-refractivity contribution in [2.24, 2.45) is 0 Å². The molecule has 11 heteroatoms. The third-order valence-corrected chi connectivity index (χ3v) is 7.24. The lowest BCUT2D eigenvalue weighted by Gasteiger charge is -2.24. The van der Waals surface area contributed by atoms with Crippen molar-refractivity contribution >= 4 is 49.3 Å². The van der Waals surface area contributed by atoms with Crippen LogP contribution in [0.3, 0.4) is 0 Å². The summed E-state index contributed by atoms with van der Waals surface area (Å²) in [6, 6.07) is 9.79. The van der Waals surface area contributed by atoms with E-state index in [-0.39, 0.29) is 16.9 Å². The van der Waals surface area contributed by atoms with Gasteiger partial charge in [0, 0.05) is 22.4 Å². The first kappa shape index (κ1) is 20.9. The highest BCUT2D eigenvalue weighted by Crippen LogP contribution is 2.23. The fourth-order valence-corrected chi connectivity index (χ4v) is 5.56. The average molecular weight is 509 g/mol. The first-order valence-electron chi connectivity index (χ1n) is 9.04. The molecule has 0 spiro atoms. The van der Waals surface area contributed by atoms with Gasteiger partial charge < -0.3 is 4.74 Å². The highest BCUT2D eigenvalue weighted by atomic mass is 79.9. The van der Waals surface area contributed by atoms with Crippen molar-refractivity contribution in [3.8, 4) is 5.06 Å². The van der Waals surface area contributed by atoms with Crippen molar-refractivity contribution < 1.29 is 17.9 Å². The number of nitrogens with one attached hydrogen (secondary N) is 2. The Labute approximate surface area is 185 Å². The predicted molar refractivity (Wildman–Crippen MR) is 116 cm³/mol. The number of halogens is 1. The lowest BCUT2D eigenvalue weighted by molar-refractivity contribution is 0.216. The summed E-state index contributed by atoms with van der Waals surface area (Å²) in [4.78, 5) is 20.7. The van der Waals surface area contributed by atoms with E-state index in [1.165, 1.54) is 11.3 Å². The maximum Gasteiger partial charge on any atom is 0.420 e. The molecule has 2 heterocycles. The molecule has 0 fully saturated rings. The Morgan fingerprint density at radius 3 is 2.90 bits per heavy atom. The van der Waals surface area contributed by atoms with Crippen LogP contribution in [0.4, 0.5) is 10.7 Å². The van der Waals surface area contributed by atoms with E-state index in [2.05, 4.69) is 35.9 Å². The molecule has 2 aromatic heterocycles. The van der Waals surface area contributed by atoms with E-state index in [1.54, 1.807) is 48.0 Å². The standard InChI is InChI=1S/C19H17BrN4O4S2/c20-13-3-1-4-15(10-13)30(26,27)24-14-6-7-16-12(9-14)11-21-18(22-16)23-19(25)28-17-5-2-8-29-17/h1-5,8,10-11,14,24H,6-7,9H2,(H,21,22,23,25). The van der Waals surface area contributed by atoms with Crippen molar-refractivity contribution in [1.82, 2.24) is 14.7 Å². The average Bonchev–Trinajstić information content (AvgIpc) is 3.20. The van der Waals surface area contributed by atoms with Crippen LogP contribution in [0.5, 0.6) is 5.06 Å². The summed E-state index contributed by atoms with van der Waals surface area (Å²) in [6.07, 6.45) is 2.59. The van der Waals surface area contributed by atoms with Gasteiger partial charge in [-0.1, -0.05) is 22.0 Å². The summed E-state index contributed by atoms with van der Waals surface area (Å²) in [5, 5.41) is 4.80. The van der Waals surface area contributed by atoms with E-state index >= 15 is 0 Å². The minimum atomic E-state index is -3.63. The molecule has 156 valence electrons. The SMILES string of the molecule is O=C(Nc1ncc2c(n1)CCC(NS(=O)(=O)c1cccc(Br)c1)C2)Oc1cccs1. The molecule has 0 saturated heterocycles. The van der Waals surface area contributed by atoms with Gasteiger partial charge in [0.2, 0.25) is 16.0 Å². The molecule has 0 bridgehead atoms. The summed E-state index contributed by atoms with van der Waals surface area (Å²) in [5.74, 6) is 0.156. The van der Waals surface area contributed by atoms with Gasteiger partial charge in [-0.15, -0.1) is 11.3 Å². The number of amides is 1. The van der Waals surface area contributed by atoms with Gasteiger partial charge in [-0.25, -0.2) is 27.9 Å². The van der Waals surface area contributed by atoms with Crippen LogP contribution in [-0.2, 0) is 22.9 Å². The van der Waals surface area contributed by atoms with Crippen LogP contribution in [0, 0.1) is 0 Å². The third kappa shape index (κ3) is 5.04. The van der Waals surface area contributed by atoms with Crippen LogP contribution in [0.25, 0.3) is 0 Å². The molecule has 1 unspecified atom stereocenters. The first-order chi connectivity index (χ1) is 14.4. The number of aromatic nitrogens is 2. The normalized spacial score (nSPS) is 16.0. The van der Waals surface area contributed by atoms with Crippen molar-refractivity contribution in [2.45, 2.75) is 30.2 Å². The number of benzene rings is 1. The third-order valence-electron chi connectivity index (χ3n) is 4.48. The lowest BCUT2D eigenvalue weighted by atomic mass is 9.94. The number of nitrogens with zero attached hydrogens (tertiary/aromatic N) is 2. The fraction of sp³-hybridized carbons (Fsp3) is 0.211. The molecular weight excluding hydrogens is 492 g/mol. The van der Waals surface area contributed by atoms with Gasteiger partial charge >= 0.3 is 6.09 Å². The highest BCUT2D eigenvalue weighted by molar-refractivity contribution is 9.10. The van der Waals surface area contributed by atoms with Gasteiger partial charge in [0.05, 0.1) is 4.90 Å². The van der Waals surface area contributed by atoms with Gasteiger partial charge in [-0.2, -0.15) is 0 Å². The van der Waals surface area contributed by atoms with Crippen molar-refractivity contribution in [1.29, 1.82) is 0 Å². The molecule has 0 aliphatic heterocycles. The van der Waals surface area contributed by atoms with Crippen molar-refractivity contribution in [3.63, 3.8) is 0 Å².